The van der Waals surface area contributed by atoms with Crippen LogP contribution in [0.1, 0.15) is 50.4 Å². The van der Waals surface area contributed by atoms with Gasteiger partial charge in [-0.25, -0.2) is 0 Å². The molecular formula is C25H34IN3OS. The number of hydrogen-bond acceptors (Lipinski definition) is 3. The summed E-state index contributed by atoms with van der Waals surface area (Å²) >= 11 is 1.81. The number of quaternary nitrogens is 1. The van der Waals surface area contributed by atoms with Gasteiger partial charge in [-0.1, -0.05) is 30.8 Å². The second-order valence-corrected chi connectivity index (χ2v) is 9.81. The Balaban J connectivity index is 0.00000272. The van der Waals surface area contributed by atoms with Crippen molar-refractivity contribution < 1.29 is 33.3 Å². The highest BCUT2D eigenvalue weighted by Crippen LogP contribution is 2.49. The lowest BCUT2D eigenvalue weighted by Gasteiger charge is -2.42. The van der Waals surface area contributed by atoms with Gasteiger partial charge in [0.2, 0.25) is 0 Å². The molecule has 168 valence electrons. The molecule has 0 spiro atoms. The van der Waals surface area contributed by atoms with Crippen LogP contribution < -0.4 is 34.2 Å². The summed E-state index contributed by atoms with van der Waals surface area (Å²) in [4.78, 5) is 17.7. The van der Waals surface area contributed by atoms with Crippen LogP contribution >= 0.6 is 11.8 Å². The van der Waals surface area contributed by atoms with Gasteiger partial charge in [-0.2, -0.15) is 0 Å². The van der Waals surface area contributed by atoms with Gasteiger partial charge in [0.25, 0.3) is 5.91 Å². The maximum Gasteiger partial charge on any atom is 0.251 e. The Hall–Kier alpha value is -1.25. The minimum atomic E-state index is 0. The van der Waals surface area contributed by atoms with E-state index in [0.29, 0.717) is 12.6 Å². The normalized spacial score (nSPS) is 17.3. The van der Waals surface area contributed by atoms with Crippen LogP contribution in [0.4, 0.5) is 11.4 Å². The molecule has 1 amide bonds. The van der Waals surface area contributed by atoms with E-state index in [2.05, 4.69) is 67.4 Å². The van der Waals surface area contributed by atoms with Crippen molar-refractivity contribution >= 4 is 29.0 Å². The maximum atomic E-state index is 12.6. The predicted molar refractivity (Wildman–Crippen MR) is 126 cm³/mol. The first-order valence-electron chi connectivity index (χ1n) is 11.4. The Kier molecular flexibility index (Phi) is 8.32. The summed E-state index contributed by atoms with van der Waals surface area (Å²) in [6, 6.07) is 15.2. The van der Waals surface area contributed by atoms with Crippen LogP contribution in [0.3, 0.4) is 0 Å². The van der Waals surface area contributed by atoms with E-state index in [1.807, 2.05) is 17.8 Å². The smallest absolute Gasteiger partial charge is 0.251 e. The zero-order valence-corrected chi connectivity index (χ0v) is 21.8. The zero-order valence-electron chi connectivity index (χ0n) is 18.9. The standard InChI is InChI=1S/C25H33N3OS.HI/c1-4-14-26-25(29)20-12-13-24-22(17-20)27(21-10-6-7-11-23(21)30-24)19(3)18-28(5-2)15-8-9-16-28;/h6-7,10-13,17,19H,4-5,8-9,14-16,18H2,1-3H3;1H. The van der Waals surface area contributed by atoms with E-state index in [9.17, 15) is 4.79 Å². The molecule has 2 aromatic carbocycles. The van der Waals surface area contributed by atoms with E-state index in [4.69, 9.17) is 0 Å². The molecule has 4 nitrogen and oxygen atoms in total. The molecule has 1 unspecified atom stereocenters. The minimum absolute atomic E-state index is 0. The van der Waals surface area contributed by atoms with Gasteiger partial charge in [0.1, 0.15) is 0 Å². The van der Waals surface area contributed by atoms with Crippen molar-refractivity contribution in [3.8, 4) is 0 Å². The molecule has 6 heteroatoms. The number of halogens is 1. The highest BCUT2D eigenvalue weighted by Gasteiger charge is 2.36. The van der Waals surface area contributed by atoms with Crippen LogP contribution in [0.15, 0.2) is 52.3 Å². The number of para-hydroxylation sites is 1. The average Bonchev–Trinajstić information content (AvgIpc) is 3.24. The summed E-state index contributed by atoms with van der Waals surface area (Å²) in [6.07, 6.45) is 3.62. The lowest BCUT2D eigenvalue weighted by molar-refractivity contribution is -0.915. The molecule has 2 aliphatic rings. The second-order valence-electron chi connectivity index (χ2n) is 8.72. The lowest BCUT2D eigenvalue weighted by Crippen LogP contribution is -3.00. The van der Waals surface area contributed by atoms with Crippen LogP contribution in [0.5, 0.6) is 0 Å². The topological polar surface area (TPSA) is 32.3 Å². The van der Waals surface area contributed by atoms with Crippen LogP contribution in [0.25, 0.3) is 0 Å². The van der Waals surface area contributed by atoms with Crippen molar-refractivity contribution in [1.29, 1.82) is 0 Å². The number of benzene rings is 2. The van der Waals surface area contributed by atoms with Crippen LogP contribution in [-0.2, 0) is 0 Å². The van der Waals surface area contributed by atoms with E-state index in [1.54, 1.807) is 0 Å². The van der Waals surface area contributed by atoms with E-state index >= 15 is 0 Å². The summed E-state index contributed by atoms with van der Waals surface area (Å²) < 4.78 is 1.21. The number of likely N-dealkylation sites (tertiary alicyclic amines) is 1. The monoisotopic (exact) mass is 551 g/mol. The molecular weight excluding hydrogens is 517 g/mol. The van der Waals surface area contributed by atoms with Gasteiger partial charge < -0.3 is 38.7 Å². The fourth-order valence-corrected chi connectivity index (χ4v) is 6.07. The largest absolute Gasteiger partial charge is 1.00 e. The van der Waals surface area contributed by atoms with Crippen molar-refractivity contribution in [1.82, 2.24) is 5.32 Å². The number of carbonyl (C=O) groups excluding carboxylic acids is 1. The van der Waals surface area contributed by atoms with Crippen LogP contribution in [0.2, 0.25) is 0 Å². The molecule has 31 heavy (non-hydrogen) atoms. The van der Waals surface area contributed by atoms with Gasteiger partial charge in [-0.15, -0.1) is 0 Å². The number of carbonyl (C=O) groups is 1. The number of anilines is 2. The summed E-state index contributed by atoms with van der Waals surface area (Å²) in [5.74, 6) is 0.0210. The first kappa shape index (κ1) is 24.4. The maximum absolute atomic E-state index is 12.6. The van der Waals surface area contributed by atoms with E-state index < -0.39 is 0 Å². The number of nitrogens with one attached hydrogen (secondary N) is 1. The van der Waals surface area contributed by atoms with Crippen molar-refractivity contribution in [2.45, 2.75) is 55.9 Å². The number of amides is 1. The molecule has 2 aromatic rings. The molecule has 0 aliphatic carbocycles. The summed E-state index contributed by atoms with van der Waals surface area (Å²) in [5.41, 5.74) is 3.19. The van der Waals surface area contributed by atoms with Gasteiger partial charge in [-0.05, 0) is 50.6 Å². The molecule has 1 atom stereocenters. The molecule has 1 N–H and O–H groups in total. The predicted octanol–water partition coefficient (Wildman–Crippen LogP) is 2.45. The first-order valence-corrected chi connectivity index (χ1v) is 12.2. The molecule has 4 rings (SSSR count). The number of hydrogen-bond donors (Lipinski definition) is 1. The number of likely N-dealkylation sites (N-methyl/N-ethyl adjacent to an activating group) is 1. The lowest BCUT2D eigenvalue weighted by atomic mass is 10.1. The number of fused-ring (bicyclic) bond motifs is 2. The second kappa shape index (κ2) is 10.6. The summed E-state index contributed by atoms with van der Waals surface area (Å²) in [6.45, 7) is 12.4. The Morgan fingerprint density at radius 3 is 2.52 bits per heavy atom. The molecule has 2 aliphatic heterocycles. The Bertz CT molecular complexity index is 913. The zero-order chi connectivity index (χ0) is 21.1. The van der Waals surface area contributed by atoms with Gasteiger partial charge in [-0.3, -0.25) is 4.79 Å². The number of rotatable bonds is 7. The quantitative estimate of drug-likeness (QED) is 0.424. The third-order valence-corrected chi connectivity index (χ3v) is 7.77. The van der Waals surface area contributed by atoms with Crippen molar-refractivity contribution in [2.75, 3.05) is 37.6 Å². The van der Waals surface area contributed by atoms with Gasteiger partial charge in [0.15, 0.2) is 0 Å². The summed E-state index contributed by atoms with van der Waals surface area (Å²) in [7, 11) is 0. The molecule has 1 fully saturated rings. The third kappa shape index (κ3) is 5.06. The molecule has 0 radical (unpaired) electrons. The van der Waals surface area contributed by atoms with Crippen LogP contribution in [0, 0.1) is 0 Å². The Morgan fingerprint density at radius 1 is 1.10 bits per heavy atom. The molecule has 0 aromatic heterocycles. The van der Waals surface area contributed by atoms with Gasteiger partial charge >= 0.3 is 0 Å². The third-order valence-electron chi connectivity index (χ3n) is 6.64. The summed E-state index contributed by atoms with van der Waals surface area (Å²) in [5, 5.41) is 3.03. The van der Waals surface area contributed by atoms with Crippen molar-refractivity contribution in [3.05, 3.63) is 48.0 Å². The first-order chi connectivity index (χ1) is 14.6. The Morgan fingerprint density at radius 2 is 1.81 bits per heavy atom. The highest BCUT2D eigenvalue weighted by atomic mass is 127. The van der Waals surface area contributed by atoms with E-state index in [1.165, 1.54) is 58.1 Å². The van der Waals surface area contributed by atoms with E-state index in [-0.39, 0.29) is 29.9 Å². The SMILES string of the molecule is CCCNC(=O)c1ccc2c(c1)N(C(C)C[N+]1(CC)CCCC1)c1ccccc1S2.[I-]. The molecule has 2 heterocycles. The number of nitrogens with zero attached hydrogens (tertiary/aromatic N) is 2. The minimum Gasteiger partial charge on any atom is -1.00 e. The van der Waals surface area contributed by atoms with Gasteiger partial charge in [0.05, 0.1) is 43.6 Å². The van der Waals surface area contributed by atoms with Crippen molar-refractivity contribution in [2.24, 2.45) is 0 Å². The average molecular weight is 552 g/mol. The fourth-order valence-electron chi connectivity index (χ4n) is 5.02. The van der Waals surface area contributed by atoms with Crippen molar-refractivity contribution in [3.63, 3.8) is 0 Å². The van der Waals surface area contributed by atoms with Crippen LogP contribution in [-0.4, -0.2) is 49.2 Å². The molecule has 0 bridgehead atoms. The Labute approximate surface area is 208 Å². The van der Waals surface area contributed by atoms with Gasteiger partial charge in [0, 0.05) is 34.7 Å². The highest BCUT2D eigenvalue weighted by molar-refractivity contribution is 7.99. The van der Waals surface area contributed by atoms with E-state index in [0.717, 1.165) is 18.5 Å². The molecule has 1 saturated heterocycles. The molecule has 0 saturated carbocycles. The fraction of sp³-hybridized carbons (Fsp3) is 0.480.